The lowest BCUT2D eigenvalue weighted by Gasteiger charge is -2.43. The molecular weight excluding hydrogens is 362 g/mol. The van der Waals surface area contributed by atoms with Gasteiger partial charge in [0, 0.05) is 68.8 Å². The van der Waals surface area contributed by atoms with Crippen molar-refractivity contribution < 1.29 is 4.74 Å². The normalized spacial score (nSPS) is 19.5. The Hall–Kier alpha value is -2.18. The number of anilines is 1. The molecule has 6 heteroatoms. The van der Waals surface area contributed by atoms with E-state index in [-0.39, 0.29) is 0 Å². The lowest BCUT2D eigenvalue weighted by atomic mass is 10.0. The Labute approximate surface area is 174 Å². The van der Waals surface area contributed by atoms with Crippen LogP contribution < -0.4 is 9.64 Å². The number of piperazine rings is 1. The van der Waals surface area contributed by atoms with E-state index in [0.29, 0.717) is 6.04 Å². The van der Waals surface area contributed by atoms with Gasteiger partial charge in [0.25, 0.3) is 0 Å². The predicted molar refractivity (Wildman–Crippen MR) is 117 cm³/mol. The third-order valence-electron chi connectivity index (χ3n) is 6.23. The highest BCUT2D eigenvalue weighted by Gasteiger charge is 2.28. The molecule has 29 heavy (non-hydrogen) atoms. The fraction of sp³-hybridized carbons (Fsp3) is 0.565. The van der Waals surface area contributed by atoms with E-state index in [1.807, 2.05) is 12.1 Å². The second kappa shape index (κ2) is 9.09. The topological polar surface area (TPSA) is 44.7 Å². The van der Waals surface area contributed by atoms with Gasteiger partial charge in [-0.3, -0.25) is 9.80 Å². The lowest BCUT2D eigenvalue weighted by molar-refractivity contribution is 0.0806. The zero-order chi connectivity index (χ0) is 20.2. The van der Waals surface area contributed by atoms with E-state index >= 15 is 0 Å². The first-order chi connectivity index (χ1) is 14.1. The number of aryl methyl sites for hydroxylation is 2. The highest BCUT2D eigenvalue weighted by atomic mass is 16.5. The average molecular weight is 396 g/mol. The maximum absolute atomic E-state index is 5.51. The molecule has 0 atom stereocenters. The van der Waals surface area contributed by atoms with Gasteiger partial charge in [0.2, 0.25) is 5.95 Å². The summed E-state index contributed by atoms with van der Waals surface area (Å²) in [6.45, 7) is 11.7. The number of hydrogen-bond acceptors (Lipinski definition) is 6. The van der Waals surface area contributed by atoms with E-state index in [1.54, 1.807) is 7.11 Å². The number of piperidine rings is 1. The van der Waals surface area contributed by atoms with Gasteiger partial charge in [-0.15, -0.1) is 0 Å². The molecule has 2 aliphatic rings. The first kappa shape index (κ1) is 20.1. The molecule has 0 radical (unpaired) electrons. The fourth-order valence-electron chi connectivity index (χ4n) is 4.64. The van der Waals surface area contributed by atoms with Gasteiger partial charge in [-0.05, 0) is 38.8 Å². The molecule has 1 aromatic heterocycles. The molecule has 2 fully saturated rings. The van der Waals surface area contributed by atoms with Crippen LogP contribution in [0.3, 0.4) is 0 Å². The van der Waals surface area contributed by atoms with Crippen LogP contribution >= 0.6 is 0 Å². The number of para-hydroxylation sites is 1. The molecule has 3 heterocycles. The van der Waals surface area contributed by atoms with Crippen LogP contribution in [0.4, 0.5) is 5.95 Å². The number of ether oxygens (including phenoxy) is 1. The predicted octanol–water partition coefficient (Wildman–Crippen LogP) is 2.89. The van der Waals surface area contributed by atoms with Crippen molar-refractivity contribution in [3.63, 3.8) is 0 Å². The van der Waals surface area contributed by atoms with Crippen molar-refractivity contribution in [3.05, 3.63) is 47.3 Å². The molecule has 0 unspecified atom stereocenters. The standard InChI is InChI=1S/C23H33N5O/c1-18-16-19(2)25-23(24-18)28-10-8-21(9-11-28)27-14-12-26(13-15-27)17-20-6-4-5-7-22(20)29-3/h4-7,16,21H,8-15,17H2,1-3H3. The number of benzene rings is 1. The molecule has 0 bridgehead atoms. The Bertz CT molecular complexity index is 790. The largest absolute Gasteiger partial charge is 0.496 e. The molecule has 0 N–H and O–H groups in total. The summed E-state index contributed by atoms with van der Waals surface area (Å²) in [7, 11) is 1.76. The Balaban J connectivity index is 1.27. The maximum Gasteiger partial charge on any atom is 0.225 e. The van der Waals surface area contributed by atoms with Gasteiger partial charge in [-0.1, -0.05) is 18.2 Å². The molecule has 0 spiro atoms. The van der Waals surface area contributed by atoms with Gasteiger partial charge in [-0.25, -0.2) is 9.97 Å². The maximum atomic E-state index is 5.51. The van der Waals surface area contributed by atoms with Crippen molar-refractivity contribution in [1.82, 2.24) is 19.8 Å². The molecule has 6 nitrogen and oxygen atoms in total. The number of hydrogen-bond donors (Lipinski definition) is 0. The van der Waals surface area contributed by atoms with Crippen LogP contribution in [0.25, 0.3) is 0 Å². The van der Waals surface area contributed by atoms with Crippen molar-refractivity contribution in [2.45, 2.75) is 39.3 Å². The molecule has 1 aromatic carbocycles. The van der Waals surface area contributed by atoms with Crippen LogP contribution in [-0.4, -0.2) is 72.2 Å². The van der Waals surface area contributed by atoms with Gasteiger partial charge in [0.1, 0.15) is 5.75 Å². The molecule has 2 aliphatic heterocycles. The highest BCUT2D eigenvalue weighted by molar-refractivity contribution is 5.34. The minimum Gasteiger partial charge on any atom is -0.496 e. The molecule has 4 rings (SSSR count). The molecule has 2 aromatic rings. The molecule has 2 saturated heterocycles. The highest BCUT2D eigenvalue weighted by Crippen LogP contribution is 2.23. The van der Waals surface area contributed by atoms with Gasteiger partial charge in [0.15, 0.2) is 0 Å². The molecule has 0 amide bonds. The minimum absolute atomic E-state index is 0.686. The fourth-order valence-corrected chi connectivity index (χ4v) is 4.64. The van der Waals surface area contributed by atoms with E-state index in [0.717, 1.165) is 68.9 Å². The van der Waals surface area contributed by atoms with Crippen molar-refractivity contribution in [2.24, 2.45) is 0 Å². The summed E-state index contributed by atoms with van der Waals surface area (Å²) >= 11 is 0. The number of nitrogens with zero attached hydrogens (tertiary/aromatic N) is 5. The Kier molecular flexibility index (Phi) is 6.31. The summed E-state index contributed by atoms with van der Waals surface area (Å²) in [5, 5.41) is 0. The van der Waals surface area contributed by atoms with Crippen LogP contribution in [0.2, 0.25) is 0 Å². The Morgan fingerprint density at radius 3 is 2.24 bits per heavy atom. The number of rotatable bonds is 5. The monoisotopic (exact) mass is 395 g/mol. The van der Waals surface area contributed by atoms with Gasteiger partial charge in [-0.2, -0.15) is 0 Å². The van der Waals surface area contributed by atoms with Gasteiger partial charge < -0.3 is 9.64 Å². The summed E-state index contributed by atoms with van der Waals surface area (Å²) in [4.78, 5) is 16.9. The van der Waals surface area contributed by atoms with E-state index in [4.69, 9.17) is 4.74 Å². The van der Waals surface area contributed by atoms with Crippen molar-refractivity contribution in [3.8, 4) is 5.75 Å². The third-order valence-corrected chi connectivity index (χ3v) is 6.23. The first-order valence-corrected chi connectivity index (χ1v) is 10.8. The second-order valence-corrected chi connectivity index (χ2v) is 8.29. The van der Waals surface area contributed by atoms with Crippen LogP contribution in [0.15, 0.2) is 30.3 Å². The first-order valence-electron chi connectivity index (χ1n) is 10.8. The molecule has 156 valence electrons. The second-order valence-electron chi connectivity index (χ2n) is 8.29. The SMILES string of the molecule is COc1ccccc1CN1CCN(C2CCN(c3nc(C)cc(C)n3)CC2)CC1. The van der Waals surface area contributed by atoms with E-state index in [9.17, 15) is 0 Å². The third kappa shape index (κ3) is 4.87. The van der Waals surface area contributed by atoms with E-state index in [2.05, 4.69) is 56.7 Å². The quantitative estimate of drug-likeness (QED) is 0.776. The zero-order valence-electron chi connectivity index (χ0n) is 18.0. The zero-order valence-corrected chi connectivity index (χ0v) is 18.0. The smallest absolute Gasteiger partial charge is 0.225 e. The summed E-state index contributed by atoms with van der Waals surface area (Å²) in [5.74, 6) is 1.90. The van der Waals surface area contributed by atoms with Gasteiger partial charge >= 0.3 is 0 Å². The van der Waals surface area contributed by atoms with E-state index < -0.39 is 0 Å². The molecular formula is C23H33N5O. The summed E-state index contributed by atoms with van der Waals surface area (Å²) in [6.07, 6.45) is 2.39. The number of aromatic nitrogens is 2. The lowest BCUT2D eigenvalue weighted by Crippen LogP contribution is -2.53. The Morgan fingerprint density at radius 2 is 1.59 bits per heavy atom. The van der Waals surface area contributed by atoms with Crippen molar-refractivity contribution >= 4 is 5.95 Å². The van der Waals surface area contributed by atoms with Crippen LogP contribution in [0.1, 0.15) is 29.8 Å². The van der Waals surface area contributed by atoms with Crippen LogP contribution in [0, 0.1) is 13.8 Å². The Morgan fingerprint density at radius 1 is 0.931 bits per heavy atom. The summed E-state index contributed by atoms with van der Waals surface area (Å²) in [6, 6.07) is 11.1. The van der Waals surface area contributed by atoms with Gasteiger partial charge in [0.05, 0.1) is 7.11 Å². The van der Waals surface area contributed by atoms with Crippen LogP contribution in [0.5, 0.6) is 5.75 Å². The number of methoxy groups -OCH3 is 1. The summed E-state index contributed by atoms with van der Waals surface area (Å²) < 4.78 is 5.51. The minimum atomic E-state index is 0.686. The van der Waals surface area contributed by atoms with Crippen molar-refractivity contribution in [2.75, 3.05) is 51.3 Å². The molecule has 0 saturated carbocycles. The van der Waals surface area contributed by atoms with Crippen molar-refractivity contribution in [1.29, 1.82) is 0 Å². The average Bonchev–Trinajstić information content (AvgIpc) is 2.74. The summed E-state index contributed by atoms with van der Waals surface area (Å²) in [5.41, 5.74) is 3.40. The van der Waals surface area contributed by atoms with E-state index in [1.165, 1.54) is 18.4 Å². The molecule has 0 aliphatic carbocycles. The van der Waals surface area contributed by atoms with Crippen LogP contribution in [-0.2, 0) is 6.54 Å².